The summed E-state index contributed by atoms with van der Waals surface area (Å²) in [7, 11) is 3.67. The summed E-state index contributed by atoms with van der Waals surface area (Å²) in [5.41, 5.74) is 3.04. The Hall–Kier alpha value is -3.32. The van der Waals surface area contributed by atoms with Crippen molar-refractivity contribution in [2.24, 2.45) is 0 Å². The predicted molar refractivity (Wildman–Crippen MR) is 132 cm³/mol. The number of likely N-dealkylation sites (N-methyl/N-ethyl adjacent to an activating group) is 1. The molecule has 7 heteroatoms. The van der Waals surface area contributed by atoms with Crippen molar-refractivity contribution in [1.29, 1.82) is 0 Å². The predicted octanol–water partition coefficient (Wildman–Crippen LogP) is 4.19. The van der Waals surface area contributed by atoms with E-state index >= 15 is 0 Å². The van der Waals surface area contributed by atoms with Gasteiger partial charge in [-0.1, -0.05) is 30.3 Å². The number of nitrogens with zero attached hydrogens (tertiary/aromatic N) is 3. The number of carbonyl (C=O) groups is 2. The lowest BCUT2D eigenvalue weighted by molar-refractivity contribution is -0.133. The molecule has 0 saturated carbocycles. The summed E-state index contributed by atoms with van der Waals surface area (Å²) in [4.78, 5) is 36.6. The topological polar surface area (TPSA) is 68.9 Å². The van der Waals surface area contributed by atoms with Gasteiger partial charge in [0.2, 0.25) is 0 Å². The fraction of sp³-hybridized carbons (Fsp3) is 0.407. The second-order valence-corrected chi connectivity index (χ2v) is 9.88. The van der Waals surface area contributed by atoms with Gasteiger partial charge in [-0.25, -0.2) is 4.79 Å². The van der Waals surface area contributed by atoms with Crippen molar-refractivity contribution < 1.29 is 14.3 Å². The van der Waals surface area contributed by atoms with Crippen LogP contribution in [0.15, 0.2) is 48.5 Å². The summed E-state index contributed by atoms with van der Waals surface area (Å²) in [6, 6.07) is 15.7. The van der Waals surface area contributed by atoms with E-state index in [1.54, 1.807) is 12.0 Å². The van der Waals surface area contributed by atoms with Crippen molar-refractivity contribution in [2.75, 3.05) is 27.2 Å². The van der Waals surface area contributed by atoms with E-state index in [1.165, 1.54) is 4.90 Å². The molecule has 3 amide bonds. The van der Waals surface area contributed by atoms with Crippen molar-refractivity contribution in [1.82, 2.24) is 19.7 Å². The first-order valence-corrected chi connectivity index (χ1v) is 11.8. The fourth-order valence-electron chi connectivity index (χ4n) is 5.31. The number of fused-ring (bicyclic) bond motifs is 4. The highest BCUT2D eigenvalue weighted by atomic mass is 16.5. The maximum Gasteiger partial charge on any atom is 0.328 e. The van der Waals surface area contributed by atoms with E-state index in [1.807, 2.05) is 62.5 Å². The number of urea groups is 1. The highest BCUT2D eigenvalue weighted by Gasteiger charge is 2.60. The largest absolute Gasteiger partial charge is 0.497 e. The van der Waals surface area contributed by atoms with Gasteiger partial charge in [-0.05, 0) is 57.1 Å². The Morgan fingerprint density at radius 1 is 1.18 bits per heavy atom. The number of amides is 3. The van der Waals surface area contributed by atoms with Crippen LogP contribution in [0.25, 0.3) is 10.9 Å². The number of nitrogens with one attached hydrogen (secondary N) is 1. The molecule has 2 aromatic carbocycles. The van der Waals surface area contributed by atoms with Gasteiger partial charge < -0.3 is 14.6 Å². The van der Waals surface area contributed by atoms with Gasteiger partial charge in [0.1, 0.15) is 17.3 Å². The number of hydrogen-bond acceptors (Lipinski definition) is 4. The van der Waals surface area contributed by atoms with Crippen LogP contribution in [0, 0.1) is 0 Å². The zero-order chi connectivity index (χ0) is 24.2. The number of H-pyrrole nitrogens is 1. The smallest absolute Gasteiger partial charge is 0.328 e. The molecule has 0 spiro atoms. The molecule has 1 N–H and O–H groups in total. The second-order valence-electron chi connectivity index (χ2n) is 9.88. The van der Waals surface area contributed by atoms with Crippen LogP contribution in [0.4, 0.5) is 4.79 Å². The third-order valence-electron chi connectivity index (χ3n) is 7.55. The van der Waals surface area contributed by atoms with Crippen LogP contribution < -0.4 is 4.74 Å². The fourth-order valence-corrected chi connectivity index (χ4v) is 5.31. The van der Waals surface area contributed by atoms with E-state index in [2.05, 4.69) is 23.7 Å². The summed E-state index contributed by atoms with van der Waals surface area (Å²) in [6.45, 7) is 7.14. The normalized spacial score (nSPS) is 22.1. The molecule has 0 aliphatic carbocycles. The molecule has 0 unspecified atom stereocenters. The molecule has 2 aliphatic rings. The third-order valence-corrected chi connectivity index (χ3v) is 7.55. The number of hydrogen-bond donors (Lipinski definition) is 1. The molecule has 34 heavy (non-hydrogen) atoms. The number of carbonyl (C=O) groups excluding carboxylic acids is 2. The van der Waals surface area contributed by atoms with Gasteiger partial charge in [0, 0.05) is 42.1 Å². The molecule has 7 nitrogen and oxygen atoms in total. The van der Waals surface area contributed by atoms with E-state index in [0.717, 1.165) is 33.5 Å². The maximum atomic E-state index is 13.8. The molecular formula is C27H32N4O3. The highest BCUT2D eigenvalue weighted by molar-refractivity contribution is 6.08. The van der Waals surface area contributed by atoms with Crippen LogP contribution in [0.1, 0.15) is 43.6 Å². The SMILES string of the molecule is COc1ccc2[nH]c3c(c2c1)C[C@@]1(C)C(=O)N(CCN(C)C(C)C)C(=O)N1[C@@H]3c1ccccc1. The lowest BCUT2D eigenvalue weighted by Crippen LogP contribution is -2.53. The maximum absolute atomic E-state index is 13.8. The average molecular weight is 461 g/mol. The Labute approximate surface area is 200 Å². The van der Waals surface area contributed by atoms with Crippen molar-refractivity contribution in [3.05, 3.63) is 65.4 Å². The van der Waals surface area contributed by atoms with Gasteiger partial charge in [0.15, 0.2) is 0 Å². The van der Waals surface area contributed by atoms with Crippen LogP contribution in [-0.4, -0.2) is 70.4 Å². The molecule has 0 radical (unpaired) electrons. The van der Waals surface area contributed by atoms with Gasteiger partial charge in [0.05, 0.1) is 7.11 Å². The lowest BCUT2D eigenvalue weighted by Gasteiger charge is -2.42. The molecule has 2 atom stereocenters. The molecule has 3 heterocycles. The minimum Gasteiger partial charge on any atom is -0.497 e. The second kappa shape index (κ2) is 8.17. The van der Waals surface area contributed by atoms with Crippen LogP contribution >= 0.6 is 0 Å². The third kappa shape index (κ3) is 3.29. The van der Waals surface area contributed by atoms with Crippen molar-refractivity contribution >= 4 is 22.8 Å². The first-order chi connectivity index (χ1) is 16.3. The monoisotopic (exact) mass is 460 g/mol. The Balaban J connectivity index is 1.64. The van der Waals surface area contributed by atoms with E-state index in [-0.39, 0.29) is 18.0 Å². The van der Waals surface area contributed by atoms with Crippen molar-refractivity contribution in [3.63, 3.8) is 0 Å². The Morgan fingerprint density at radius 2 is 1.91 bits per heavy atom. The van der Waals surface area contributed by atoms with Crippen LogP contribution in [0.2, 0.25) is 0 Å². The molecule has 1 saturated heterocycles. The first-order valence-electron chi connectivity index (χ1n) is 11.8. The highest BCUT2D eigenvalue weighted by Crippen LogP contribution is 2.48. The molecule has 1 aromatic heterocycles. The molecule has 1 fully saturated rings. The van der Waals surface area contributed by atoms with Crippen molar-refractivity contribution in [2.45, 2.75) is 44.8 Å². The van der Waals surface area contributed by atoms with Crippen molar-refractivity contribution in [3.8, 4) is 5.75 Å². The Morgan fingerprint density at radius 3 is 2.59 bits per heavy atom. The molecule has 3 aromatic rings. The summed E-state index contributed by atoms with van der Waals surface area (Å²) < 4.78 is 5.48. The standard InChI is InChI=1S/C27H32N4O3/c1-17(2)29(4)13-14-30-25(32)27(3)16-21-20-15-19(34-5)11-12-22(20)28-23(21)24(31(27)26(30)33)18-9-7-6-8-10-18/h6-12,15,17,24,28H,13-14,16H2,1-5H3/t24-,27+/m1/s1. The van der Waals surface area contributed by atoms with E-state index < -0.39 is 5.54 Å². The van der Waals surface area contributed by atoms with Crippen LogP contribution in [0.3, 0.4) is 0 Å². The number of imide groups is 1. The molecule has 5 rings (SSSR count). The minimum absolute atomic E-state index is 0.126. The summed E-state index contributed by atoms with van der Waals surface area (Å²) >= 11 is 0. The molecule has 178 valence electrons. The average Bonchev–Trinajstić information content (AvgIpc) is 3.28. The minimum atomic E-state index is -0.959. The van der Waals surface area contributed by atoms with Gasteiger partial charge in [-0.3, -0.25) is 14.6 Å². The molecule has 0 bridgehead atoms. The first kappa shape index (κ1) is 22.5. The van der Waals surface area contributed by atoms with E-state index in [9.17, 15) is 9.59 Å². The van der Waals surface area contributed by atoms with Crippen LogP contribution in [-0.2, 0) is 11.2 Å². The summed E-state index contributed by atoms with van der Waals surface area (Å²) in [5.74, 6) is 0.642. The number of aromatic nitrogens is 1. The van der Waals surface area contributed by atoms with Gasteiger partial charge in [0.25, 0.3) is 5.91 Å². The number of methoxy groups -OCH3 is 1. The number of ether oxygens (including phenoxy) is 1. The van der Waals surface area contributed by atoms with E-state index in [0.29, 0.717) is 25.6 Å². The number of rotatable bonds is 6. The zero-order valence-corrected chi connectivity index (χ0v) is 20.5. The summed E-state index contributed by atoms with van der Waals surface area (Å²) in [6.07, 6.45) is 0.458. The van der Waals surface area contributed by atoms with Gasteiger partial charge >= 0.3 is 6.03 Å². The number of aromatic amines is 1. The van der Waals surface area contributed by atoms with Crippen LogP contribution in [0.5, 0.6) is 5.75 Å². The zero-order valence-electron chi connectivity index (χ0n) is 20.5. The quantitative estimate of drug-likeness (QED) is 0.560. The molecular weight excluding hydrogens is 428 g/mol. The van der Waals surface area contributed by atoms with Gasteiger partial charge in [-0.2, -0.15) is 0 Å². The Kier molecular flexibility index (Phi) is 5.40. The summed E-state index contributed by atoms with van der Waals surface area (Å²) in [5, 5.41) is 1.04. The number of benzene rings is 2. The Bertz CT molecular complexity index is 1250. The molecule has 2 aliphatic heterocycles. The van der Waals surface area contributed by atoms with E-state index in [4.69, 9.17) is 4.74 Å². The lowest BCUT2D eigenvalue weighted by atomic mass is 9.81. The van der Waals surface area contributed by atoms with Gasteiger partial charge in [-0.15, -0.1) is 0 Å².